The average Bonchev–Trinajstić information content (AvgIpc) is 3.24. The Morgan fingerprint density at radius 3 is 2.63 bits per heavy atom. The van der Waals surface area contributed by atoms with E-state index in [4.69, 9.17) is 16.7 Å². The van der Waals surface area contributed by atoms with Crippen LogP contribution in [0.5, 0.6) is 0 Å². The lowest BCUT2D eigenvalue weighted by atomic mass is 10.0. The minimum Gasteiger partial charge on any atom is -0.479 e. The molecule has 0 aliphatic rings. The van der Waals surface area contributed by atoms with Crippen LogP contribution in [0.3, 0.4) is 0 Å². The van der Waals surface area contributed by atoms with Crippen molar-refractivity contribution >= 4 is 23.5 Å². The zero-order valence-electron chi connectivity index (χ0n) is 15.3. The first-order valence-electron chi connectivity index (χ1n) is 8.58. The Bertz CT molecular complexity index is 1050. The number of amides is 1. The van der Waals surface area contributed by atoms with Crippen molar-refractivity contribution in [2.45, 2.75) is 12.6 Å². The number of carbonyl (C=O) groups is 2. The second-order valence-electron chi connectivity index (χ2n) is 6.23. The van der Waals surface area contributed by atoms with Gasteiger partial charge in [0.05, 0.1) is 6.54 Å². The van der Waals surface area contributed by atoms with Crippen molar-refractivity contribution in [1.82, 2.24) is 31.1 Å². The van der Waals surface area contributed by atoms with E-state index in [2.05, 4.69) is 26.0 Å². The zero-order chi connectivity index (χ0) is 21.7. The number of carboxylic acids is 1. The van der Waals surface area contributed by atoms with Crippen LogP contribution in [0, 0.1) is 5.82 Å². The minimum absolute atomic E-state index is 0.159. The van der Waals surface area contributed by atoms with E-state index in [9.17, 15) is 19.1 Å². The van der Waals surface area contributed by atoms with E-state index in [0.29, 0.717) is 10.6 Å². The van der Waals surface area contributed by atoms with Crippen LogP contribution in [0.25, 0.3) is 11.1 Å². The molecule has 0 fully saturated rings. The lowest BCUT2D eigenvalue weighted by Crippen LogP contribution is -2.47. The Morgan fingerprint density at radius 1 is 1.23 bits per heavy atom. The van der Waals surface area contributed by atoms with E-state index in [1.54, 1.807) is 30.3 Å². The monoisotopic (exact) mass is 434 g/mol. The van der Waals surface area contributed by atoms with Crippen molar-refractivity contribution in [1.29, 1.82) is 0 Å². The van der Waals surface area contributed by atoms with Crippen molar-refractivity contribution < 1.29 is 24.2 Å². The molecule has 10 nitrogen and oxygen atoms in total. The summed E-state index contributed by atoms with van der Waals surface area (Å²) in [5, 5.41) is 32.5. The maximum absolute atomic E-state index is 14.7. The highest BCUT2D eigenvalue weighted by Gasteiger charge is 2.22. The number of aliphatic carboxylic acids is 1. The molecule has 0 radical (unpaired) electrons. The summed E-state index contributed by atoms with van der Waals surface area (Å²) in [6.07, 6.45) is -1.82. The summed E-state index contributed by atoms with van der Waals surface area (Å²) in [4.78, 5) is 23.1. The fraction of sp³-hybridized carbons (Fsp3) is 0.167. The Labute approximate surface area is 174 Å². The molecule has 0 saturated heterocycles. The number of carboxylic acid groups (broad SMARTS) is 1. The van der Waals surface area contributed by atoms with E-state index >= 15 is 0 Å². The Hall–Kier alpha value is -3.41. The van der Waals surface area contributed by atoms with Crippen LogP contribution in [-0.4, -0.2) is 60.4 Å². The van der Waals surface area contributed by atoms with Crippen LogP contribution < -0.4 is 5.43 Å². The normalized spacial score (nSPS) is 12.0. The predicted octanol–water partition coefficient (Wildman–Crippen LogP) is 1.25. The zero-order valence-corrected chi connectivity index (χ0v) is 16.0. The van der Waals surface area contributed by atoms with Gasteiger partial charge < -0.3 is 10.2 Å². The quantitative estimate of drug-likeness (QED) is 0.388. The highest BCUT2D eigenvalue weighted by Crippen LogP contribution is 2.25. The number of aliphatic hydroxyl groups excluding tert-OH is 1. The van der Waals surface area contributed by atoms with Gasteiger partial charge in [0.1, 0.15) is 5.82 Å². The molecule has 0 saturated carbocycles. The van der Waals surface area contributed by atoms with Crippen LogP contribution in [0.4, 0.5) is 4.39 Å². The molecule has 3 aromatic rings. The standard InChI is InChI=1S/C18H16ClFN6O4/c19-13-3-1-2-10(6-13)11-4-5-12(14(20)7-11)8-26(9-15(27)18(29)30)23-17(28)16-21-24-25-22-16/h1-7,15,27H,8-9H2,(H,23,28)(H,29,30)(H,21,22,24,25)/t15-/m1/s1. The molecule has 1 amide bonds. The van der Waals surface area contributed by atoms with Gasteiger partial charge in [-0.05, 0) is 34.5 Å². The molecule has 3 rings (SSSR count). The Balaban J connectivity index is 1.80. The van der Waals surface area contributed by atoms with Gasteiger partial charge in [-0.15, -0.1) is 10.2 Å². The Morgan fingerprint density at radius 2 is 2.00 bits per heavy atom. The topological polar surface area (TPSA) is 144 Å². The summed E-state index contributed by atoms with van der Waals surface area (Å²) in [7, 11) is 0. The Kier molecular flexibility index (Phi) is 6.67. The van der Waals surface area contributed by atoms with E-state index in [1.807, 2.05) is 0 Å². The number of aliphatic hydroxyl groups is 1. The number of halogens is 2. The van der Waals surface area contributed by atoms with Gasteiger partial charge in [0.25, 0.3) is 5.82 Å². The van der Waals surface area contributed by atoms with Gasteiger partial charge in [0, 0.05) is 17.1 Å². The number of hydrazine groups is 1. The van der Waals surface area contributed by atoms with Crippen LogP contribution in [-0.2, 0) is 11.3 Å². The maximum atomic E-state index is 14.7. The molecule has 30 heavy (non-hydrogen) atoms. The first-order chi connectivity index (χ1) is 14.3. The summed E-state index contributed by atoms with van der Waals surface area (Å²) in [5.41, 5.74) is 3.80. The number of benzene rings is 2. The number of hydrogen-bond donors (Lipinski definition) is 4. The third kappa shape index (κ3) is 5.35. The van der Waals surface area contributed by atoms with Crippen LogP contribution in [0.2, 0.25) is 5.02 Å². The SMILES string of the molecule is O=C(NN(Cc1ccc(-c2cccc(Cl)c2)cc1F)C[C@@H](O)C(=O)O)c1nn[nH]n1. The third-order valence-electron chi connectivity index (χ3n) is 4.06. The van der Waals surface area contributed by atoms with Gasteiger partial charge in [-0.2, -0.15) is 5.21 Å². The number of carbonyl (C=O) groups excluding carboxylic acids is 1. The lowest BCUT2D eigenvalue weighted by molar-refractivity contribution is -0.148. The summed E-state index contributed by atoms with van der Waals surface area (Å²) in [5.74, 6) is -3.19. The highest BCUT2D eigenvalue weighted by molar-refractivity contribution is 6.30. The van der Waals surface area contributed by atoms with Gasteiger partial charge in [-0.25, -0.2) is 14.2 Å². The molecule has 1 heterocycles. The molecule has 4 N–H and O–H groups in total. The molecule has 0 spiro atoms. The summed E-state index contributed by atoms with van der Waals surface area (Å²) in [6.45, 7) is -0.732. The smallest absolute Gasteiger partial charge is 0.333 e. The first kappa shape index (κ1) is 21.3. The van der Waals surface area contributed by atoms with Gasteiger partial charge in [-0.1, -0.05) is 35.9 Å². The molecule has 1 aromatic heterocycles. The second kappa shape index (κ2) is 9.39. The maximum Gasteiger partial charge on any atom is 0.333 e. The van der Waals surface area contributed by atoms with Gasteiger partial charge in [0.2, 0.25) is 0 Å². The number of aromatic amines is 1. The van der Waals surface area contributed by atoms with E-state index < -0.39 is 30.3 Å². The molecule has 0 aliphatic heterocycles. The number of nitrogens with zero attached hydrogens (tertiary/aromatic N) is 4. The predicted molar refractivity (Wildman–Crippen MR) is 103 cm³/mol. The molecule has 0 unspecified atom stereocenters. The number of aromatic nitrogens is 4. The first-order valence-corrected chi connectivity index (χ1v) is 8.96. The molecule has 156 valence electrons. The summed E-state index contributed by atoms with van der Waals surface area (Å²) >= 11 is 5.97. The number of hydrogen-bond acceptors (Lipinski definition) is 7. The summed E-state index contributed by atoms with van der Waals surface area (Å²) in [6, 6.07) is 11.4. The fourth-order valence-corrected chi connectivity index (χ4v) is 2.81. The van der Waals surface area contributed by atoms with Gasteiger partial charge in [-0.3, -0.25) is 10.2 Å². The van der Waals surface area contributed by atoms with Crippen LogP contribution in [0.1, 0.15) is 16.2 Å². The number of nitrogens with one attached hydrogen (secondary N) is 2. The highest BCUT2D eigenvalue weighted by atomic mass is 35.5. The van der Waals surface area contributed by atoms with Crippen molar-refractivity contribution in [2.75, 3.05) is 6.54 Å². The molecular weight excluding hydrogens is 419 g/mol. The molecule has 0 aliphatic carbocycles. The number of rotatable bonds is 8. The summed E-state index contributed by atoms with van der Waals surface area (Å²) < 4.78 is 14.7. The molecule has 12 heteroatoms. The van der Waals surface area contributed by atoms with Gasteiger partial charge >= 0.3 is 11.9 Å². The van der Waals surface area contributed by atoms with E-state index in [1.165, 1.54) is 12.1 Å². The number of H-pyrrole nitrogens is 1. The molecule has 2 aromatic carbocycles. The largest absolute Gasteiger partial charge is 0.479 e. The third-order valence-corrected chi connectivity index (χ3v) is 4.29. The second-order valence-corrected chi connectivity index (χ2v) is 6.66. The van der Waals surface area contributed by atoms with Crippen molar-refractivity contribution in [3.05, 3.63) is 64.7 Å². The van der Waals surface area contributed by atoms with E-state index in [-0.39, 0.29) is 17.9 Å². The van der Waals surface area contributed by atoms with Crippen molar-refractivity contribution in [2.24, 2.45) is 0 Å². The molecule has 0 bridgehead atoms. The van der Waals surface area contributed by atoms with E-state index in [0.717, 1.165) is 10.6 Å². The minimum atomic E-state index is -1.82. The van der Waals surface area contributed by atoms with Crippen molar-refractivity contribution in [3.63, 3.8) is 0 Å². The van der Waals surface area contributed by atoms with Crippen molar-refractivity contribution in [3.8, 4) is 11.1 Å². The van der Waals surface area contributed by atoms with Crippen LogP contribution in [0.15, 0.2) is 42.5 Å². The van der Waals surface area contributed by atoms with Crippen LogP contribution >= 0.6 is 11.6 Å². The molecule has 1 atom stereocenters. The lowest BCUT2D eigenvalue weighted by Gasteiger charge is -2.24. The van der Waals surface area contributed by atoms with Gasteiger partial charge in [0.15, 0.2) is 6.10 Å². The molecular formula is C18H16ClFN6O4. The average molecular weight is 435 g/mol. The fourth-order valence-electron chi connectivity index (χ4n) is 2.62. The number of tetrazole rings is 1.